The van der Waals surface area contributed by atoms with Crippen molar-refractivity contribution in [1.82, 2.24) is 0 Å². The molecule has 0 spiro atoms. The zero-order chi connectivity index (χ0) is 14.7. The number of carbonyl (C=O) groups excluding carboxylic acids is 1. The van der Waals surface area contributed by atoms with Crippen LogP contribution in [0.4, 0.5) is 10.1 Å². The van der Waals surface area contributed by atoms with E-state index in [1.54, 1.807) is 25.1 Å². The number of rotatable bonds is 4. The van der Waals surface area contributed by atoms with E-state index in [1.165, 1.54) is 13.2 Å². The lowest BCUT2D eigenvalue weighted by Gasteiger charge is -2.05. The molecule has 4 nitrogen and oxygen atoms in total. The van der Waals surface area contributed by atoms with Crippen LogP contribution in [0.2, 0.25) is 0 Å². The van der Waals surface area contributed by atoms with Gasteiger partial charge in [0.2, 0.25) is 0 Å². The van der Waals surface area contributed by atoms with Crippen molar-refractivity contribution in [3.63, 3.8) is 0 Å². The Morgan fingerprint density at radius 1 is 1.45 bits per heavy atom. The summed E-state index contributed by atoms with van der Waals surface area (Å²) in [5.41, 5.74) is 1.02. The lowest BCUT2D eigenvalue weighted by molar-refractivity contribution is 0.0599. The number of hydrogen-bond donors (Lipinski definition) is 1. The van der Waals surface area contributed by atoms with Gasteiger partial charge in [0.05, 0.1) is 18.1 Å². The van der Waals surface area contributed by atoms with Gasteiger partial charge in [-0.1, -0.05) is 0 Å². The number of benzene rings is 1. The van der Waals surface area contributed by atoms with Crippen LogP contribution in [0.15, 0.2) is 33.2 Å². The summed E-state index contributed by atoms with van der Waals surface area (Å²) in [6.07, 6.45) is 0. The summed E-state index contributed by atoms with van der Waals surface area (Å²) < 4.78 is 23.9. The third kappa shape index (κ3) is 3.19. The first-order valence-electron chi connectivity index (χ1n) is 5.88. The van der Waals surface area contributed by atoms with Gasteiger partial charge in [-0.3, -0.25) is 0 Å². The van der Waals surface area contributed by atoms with Crippen LogP contribution >= 0.6 is 15.9 Å². The van der Waals surface area contributed by atoms with Crippen LogP contribution < -0.4 is 5.32 Å². The number of carbonyl (C=O) groups is 1. The first-order valence-corrected chi connectivity index (χ1v) is 6.67. The molecular weight excluding hydrogens is 329 g/mol. The summed E-state index contributed by atoms with van der Waals surface area (Å²) in [5.74, 6) is 0.287. The van der Waals surface area contributed by atoms with E-state index in [2.05, 4.69) is 26.0 Å². The lowest BCUT2D eigenvalue weighted by Crippen LogP contribution is -2.01. The second-order valence-corrected chi connectivity index (χ2v) is 5.01. The first-order chi connectivity index (χ1) is 9.51. The largest absolute Gasteiger partial charge is 0.465 e. The number of ether oxygens (including phenoxy) is 1. The van der Waals surface area contributed by atoms with Crippen molar-refractivity contribution in [3.8, 4) is 0 Å². The molecule has 0 saturated carbocycles. The number of methoxy groups -OCH3 is 1. The van der Waals surface area contributed by atoms with Crippen molar-refractivity contribution in [3.05, 3.63) is 51.6 Å². The number of esters is 1. The van der Waals surface area contributed by atoms with E-state index in [4.69, 9.17) is 4.42 Å². The summed E-state index contributed by atoms with van der Waals surface area (Å²) in [6.45, 7) is 2.04. The molecule has 1 heterocycles. The highest BCUT2D eigenvalue weighted by Crippen LogP contribution is 2.21. The van der Waals surface area contributed by atoms with Crippen LogP contribution in [-0.4, -0.2) is 13.1 Å². The van der Waals surface area contributed by atoms with Gasteiger partial charge >= 0.3 is 5.97 Å². The Morgan fingerprint density at radius 2 is 2.20 bits per heavy atom. The molecule has 106 valence electrons. The van der Waals surface area contributed by atoms with Crippen molar-refractivity contribution in [1.29, 1.82) is 0 Å². The molecule has 0 aliphatic heterocycles. The van der Waals surface area contributed by atoms with Gasteiger partial charge in [0, 0.05) is 5.69 Å². The quantitative estimate of drug-likeness (QED) is 0.857. The summed E-state index contributed by atoms with van der Waals surface area (Å²) in [4.78, 5) is 11.4. The maximum atomic E-state index is 13.4. The van der Waals surface area contributed by atoms with Crippen LogP contribution in [0.5, 0.6) is 0 Å². The number of nitrogens with one attached hydrogen (secondary N) is 1. The fourth-order valence-corrected chi connectivity index (χ4v) is 1.99. The number of aryl methyl sites for hydroxylation is 1. The summed E-state index contributed by atoms with van der Waals surface area (Å²) in [5, 5.41) is 3.02. The SMILES string of the molecule is COC(=O)c1cc(CNc2ccc(Br)c(F)c2)oc1C. The molecule has 2 aromatic rings. The molecule has 1 N–H and O–H groups in total. The highest BCUT2D eigenvalue weighted by Gasteiger charge is 2.15. The molecule has 6 heteroatoms. The van der Waals surface area contributed by atoms with Gasteiger partial charge in [-0.15, -0.1) is 0 Å². The van der Waals surface area contributed by atoms with Gasteiger partial charge < -0.3 is 14.5 Å². The first kappa shape index (κ1) is 14.6. The van der Waals surface area contributed by atoms with Gasteiger partial charge in [-0.25, -0.2) is 9.18 Å². The average Bonchev–Trinajstić information content (AvgIpc) is 2.80. The Labute approximate surface area is 124 Å². The molecule has 0 aliphatic rings. The van der Waals surface area contributed by atoms with Crippen LogP contribution in [0.3, 0.4) is 0 Å². The normalized spacial score (nSPS) is 10.4. The van der Waals surface area contributed by atoms with E-state index in [0.29, 0.717) is 33.8 Å². The fourth-order valence-electron chi connectivity index (χ4n) is 1.74. The van der Waals surface area contributed by atoms with Gasteiger partial charge in [-0.2, -0.15) is 0 Å². The predicted molar refractivity (Wildman–Crippen MR) is 76.2 cm³/mol. The molecular formula is C14H13BrFNO3. The standard InChI is InChI=1S/C14H13BrFNO3/c1-8-11(14(18)19-2)6-10(20-8)7-17-9-3-4-12(15)13(16)5-9/h3-6,17H,7H2,1-2H3. The molecule has 2 rings (SSSR count). The molecule has 0 aliphatic carbocycles. The van der Waals surface area contributed by atoms with Gasteiger partial charge in [-0.05, 0) is 47.1 Å². The van der Waals surface area contributed by atoms with Crippen molar-refractivity contribution >= 4 is 27.6 Å². The molecule has 0 atom stereocenters. The molecule has 0 radical (unpaired) electrons. The van der Waals surface area contributed by atoms with E-state index < -0.39 is 5.97 Å². The second-order valence-electron chi connectivity index (χ2n) is 4.16. The summed E-state index contributed by atoms with van der Waals surface area (Å²) in [6, 6.07) is 6.35. The van der Waals surface area contributed by atoms with Crippen molar-refractivity contribution in [2.45, 2.75) is 13.5 Å². The van der Waals surface area contributed by atoms with Crippen LogP contribution in [0.1, 0.15) is 21.9 Å². The number of furan rings is 1. The maximum Gasteiger partial charge on any atom is 0.341 e. The Balaban J connectivity index is 2.07. The Bertz CT molecular complexity index is 639. The molecule has 1 aromatic carbocycles. The maximum absolute atomic E-state index is 13.4. The van der Waals surface area contributed by atoms with Crippen LogP contribution in [-0.2, 0) is 11.3 Å². The monoisotopic (exact) mass is 341 g/mol. The number of anilines is 1. The molecule has 0 saturated heterocycles. The van der Waals surface area contributed by atoms with E-state index >= 15 is 0 Å². The predicted octanol–water partition coefficient (Wildman–Crippen LogP) is 3.89. The van der Waals surface area contributed by atoms with Crippen molar-refractivity contribution < 1.29 is 18.3 Å². The van der Waals surface area contributed by atoms with Crippen molar-refractivity contribution in [2.24, 2.45) is 0 Å². The lowest BCUT2D eigenvalue weighted by atomic mass is 10.2. The topological polar surface area (TPSA) is 51.5 Å². The third-order valence-electron chi connectivity index (χ3n) is 2.76. The molecule has 20 heavy (non-hydrogen) atoms. The minimum atomic E-state index is -0.438. The van der Waals surface area contributed by atoms with Gasteiger partial charge in [0.25, 0.3) is 0 Å². The smallest absolute Gasteiger partial charge is 0.341 e. The van der Waals surface area contributed by atoms with E-state index in [9.17, 15) is 9.18 Å². The van der Waals surface area contributed by atoms with E-state index in [-0.39, 0.29) is 5.82 Å². The summed E-state index contributed by atoms with van der Waals surface area (Å²) >= 11 is 3.09. The molecule has 0 unspecified atom stereocenters. The average molecular weight is 342 g/mol. The zero-order valence-electron chi connectivity index (χ0n) is 11.0. The Kier molecular flexibility index (Phi) is 4.44. The highest BCUT2D eigenvalue weighted by molar-refractivity contribution is 9.10. The Hall–Kier alpha value is -1.82. The fraction of sp³-hybridized carbons (Fsp3) is 0.214. The summed E-state index contributed by atoms with van der Waals surface area (Å²) in [7, 11) is 1.32. The molecule has 0 bridgehead atoms. The molecule has 0 fully saturated rings. The van der Waals surface area contributed by atoms with Crippen LogP contribution in [0, 0.1) is 12.7 Å². The second kappa shape index (κ2) is 6.09. The number of halogens is 2. The Morgan fingerprint density at radius 3 is 2.85 bits per heavy atom. The zero-order valence-corrected chi connectivity index (χ0v) is 12.6. The third-order valence-corrected chi connectivity index (χ3v) is 3.40. The molecule has 1 aromatic heterocycles. The van der Waals surface area contributed by atoms with E-state index in [0.717, 1.165) is 0 Å². The van der Waals surface area contributed by atoms with Gasteiger partial charge in [0.15, 0.2) is 0 Å². The van der Waals surface area contributed by atoms with Gasteiger partial charge in [0.1, 0.15) is 22.9 Å². The van der Waals surface area contributed by atoms with Crippen molar-refractivity contribution in [2.75, 3.05) is 12.4 Å². The van der Waals surface area contributed by atoms with Crippen LogP contribution in [0.25, 0.3) is 0 Å². The minimum Gasteiger partial charge on any atom is -0.465 e. The highest BCUT2D eigenvalue weighted by atomic mass is 79.9. The minimum absolute atomic E-state index is 0.346. The molecule has 0 amide bonds. The number of hydrogen-bond acceptors (Lipinski definition) is 4. The van der Waals surface area contributed by atoms with E-state index in [1.807, 2.05) is 0 Å².